The van der Waals surface area contributed by atoms with Crippen LogP contribution < -0.4 is 10.9 Å². The zero-order valence-electron chi connectivity index (χ0n) is 15.8. The Morgan fingerprint density at radius 1 is 1.19 bits per heavy atom. The summed E-state index contributed by atoms with van der Waals surface area (Å²) in [6, 6.07) is 10.1. The average molecular weight is 441 g/mol. The molecule has 31 heavy (non-hydrogen) atoms. The number of anilines is 1. The van der Waals surface area contributed by atoms with E-state index in [1.54, 1.807) is 29.1 Å². The predicted molar refractivity (Wildman–Crippen MR) is 112 cm³/mol. The third-order valence-electron chi connectivity index (χ3n) is 4.50. The number of nitro groups is 1. The van der Waals surface area contributed by atoms with Gasteiger partial charge >= 0.3 is 0 Å². The lowest BCUT2D eigenvalue weighted by Gasteiger charge is -2.11. The normalized spacial score (nSPS) is 10.8. The number of imidazole rings is 1. The molecule has 0 radical (unpaired) electrons. The number of halogens is 2. The highest BCUT2D eigenvalue weighted by Crippen LogP contribution is 2.20. The molecule has 0 amide bonds. The van der Waals surface area contributed by atoms with Crippen LogP contribution in [0.3, 0.4) is 0 Å². The fraction of sp³-hybridized carbons (Fsp3) is 0.0500. The lowest BCUT2D eigenvalue weighted by atomic mass is 10.2. The van der Waals surface area contributed by atoms with Gasteiger partial charge in [-0.3, -0.25) is 14.9 Å². The minimum absolute atomic E-state index is 0.104. The van der Waals surface area contributed by atoms with Gasteiger partial charge in [0.2, 0.25) is 0 Å². The van der Waals surface area contributed by atoms with Crippen LogP contribution in [0.1, 0.15) is 5.56 Å². The van der Waals surface area contributed by atoms with E-state index in [0.29, 0.717) is 16.9 Å². The maximum absolute atomic E-state index is 14.4. The first-order valence-electron chi connectivity index (χ1n) is 8.97. The van der Waals surface area contributed by atoms with Crippen molar-refractivity contribution in [2.75, 3.05) is 5.32 Å². The van der Waals surface area contributed by atoms with Gasteiger partial charge in [0.25, 0.3) is 11.2 Å². The molecule has 2 aromatic heterocycles. The van der Waals surface area contributed by atoms with Crippen LogP contribution in [0.25, 0.3) is 11.4 Å². The molecule has 2 aromatic carbocycles. The zero-order chi connectivity index (χ0) is 22.0. The molecule has 0 atom stereocenters. The van der Waals surface area contributed by atoms with Gasteiger partial charge in [-0.25, -0.2) is 9.37 Å². The molecule has 2 heterocycles. The number of benzene rings is 2. The van der Waals surface area contributed by atoms with E-state index < -0.39 is 16.3 Å². The van der Waals surface area contributed by atoms with E-state index in [4.69, 9.17) is 11.6 Å². The van der Waals surface area contributed by atoms with Crippen molar-refractivity contribution in [1.82, 2.24) is 19.3 Å². The molecule has 0 unspecified atom stereocenters. The topological polar surface area (TPSA) is 108 Å². The fourth-order valence-electron chi connectivity index (χ4n) is 2.92. The van der Waals surface area contributed by atoms with Crippen LogP contribution in [0.2, 0.25) is 5.02 Å². The summed E-state index contributed by atoms with van der Waals surface area (Å²) in [5.74, 6) is -0.421. The molecule has 156 valence electrons. The van der Waals surface area contributed by atoms with Crippen LogP contribution in [-0.2, 0) is 6.54 Å². The summed E-state index contributed by atoms with van der Waals surface area (Å²) in [6.07, 6.45) is 6.06. The van der Waals surface area contributed by atoms with Crippen molar-refractivity contribution in [2.45, 2.75) is 6.54 Å². The van der Waals surface area contributed by atoms with Gasteiger partial charge in [-0.1, -0.05) is 17.7 Å². The maximum atomic E-state index is 14.4. The molecule has 9 nitrogen and oxygen atoms in total. The van der Waals surface area contributed by atoms with Crippen molar-refractivity contribution in [3.8, 4) is 11.4 Å². The van der Waals surface area contributed by atoms with Crippen LogP contribution in [0.5, 0.6) is 0 Å². The van der Waals surface area contributed by atoms with E-state index >= 15 is 0 Å². The van der Waals surface area contributed by atoms with Crippen LogP contribution in [0, 0.1) is 15.9 Å². The quantitative estimate of drug-likeness (QED) is 0.361. The molecular weight excluding hydrogens is 427 g/mol. The largest absolute Gasteiger partial charge is 0.378 e. The summed E-state index contributed by atoms with van der Waals surface area (Å²) in [5, 5.41) is 17.7. The second kappa shape index (κ2) is 8.36. The Morgan fingerprint density at radius 3 is 2.61 bits per heavy atom. The number of hydrogen-bond donors (Lipinski definition) is 1. The van der Waals surface area contributed by atoms with Gasteiger partial charge in [-0.05, 0) is 29.8 Å². The van der Waals surface area contributed by atoms with Gasteiger partial charge in [-0.15, -0.1) is 0 Å². The summed E-state index contributed by atoms with van der Waals surface area (Å²) in [6.45, 7) is 0.212. The number of nitrogens with one attached hydrogen (secondary N) is 1. The van der Waals surface area contributed by atoms with Crippen LogP contribution in [-0.4, -0.2) is 24.3 Å². The molecule has 0 aliphatic carbocycles. The molecular formula is C20H14ClFN6O3. The van der Waals surface area contributed by atoms with Crippen molar-refractivity contribution in [2.24, 2.45) is 0 Å². The number of non-ortho nitro benzene ring substituents is 1. The van der Waals surface area contributed by atoms with Gasteiger partial charge in [0.1, 0.15) is 10.8 Å². The van der Waals surface area contributed by atoms with Gasteiger partial charge in [-0.2, -0.15) is 9.78 Å². The molecule has 0 spiro atoms. The summed E-state index contributed by atoms with van der Waals surface area (Å²) in [5.41, 5.74) is 0.920. The van der Waals surface area contributed by atoms with Crippen LogP contribution in [0.4, 0.5) is 15.8 Å². The smallest absolute Gasteiger partial charge is 0.292 e. The third-order valence-corrected chi connectivity index (χ3v) is 4.87. The highest BCUT2D eigenvalue weighted by molar-refractivity contribution is 6.32. The van der Waals surface area contributed by atoms with Crippen LogP contribution in [0.15, 0.2) is 72.2 Å². The van der Waals surface area contributed by atoms with Gasteiger partial charge < -0.3 is 9.88 Å². The van der Waals surface area contributed by atoms with Gasteiger partial charge in [0, 0.05) is 31.1 Å². The molecule has 4 aromatic rings. The first-order valence-corrected chi connectivity index (χ1v) is 9.35. The van der Waals surface area contributed by atoms with E-state index in [0.717, 1.165) is 4.68 Å². The fourth-order valence-corrected chi connectivity index (χ4v) is 3.12. The molecule has 4 rings (SSSR count). The third kappa shape index (κ3) is 4.14. The van der Waals surface area contributed by atoms with Crippen molar-refractivity contribution >= 4 is 23.0 Å². The molecule has 11 heteroatoms. The summed E-state index contributed by atoms with van der Waals surface area (Å²) >= 11 is 6.19. The lowest BCUT2D eigenvalue weighted by Crippen LogP contribution is -2.22. The zero-order valence-corrected chi connectivity index (χ0v) is 16.5. The Kier molecular flexibility index (Phi) is 5.46. The Bertz CT molecular complexity index is 1310. The highest BCUT2D eigenvalue weighted by Gasteiger charge is 2.13. The number of nitro benzene ring substituents is 1. The highest BCUT2D eigenvalue weighted by atomic mass is 35.5. The van der Waals surface area contributed by atoms with Crippen LogP contribution >= 0.6 is 11.6 Å². The van der Waals surface area contributed by atoms with E-state index in [9.17, 15) is 19.3 Å². The Hall–Kier alpha value is -4.05. The number of nitrogens with zero attached hydrogens (tertiary/aromatic N) is 5. The Morgan fingerprint density at radius 2 is 1.97 bits per heavy atom. The average Bonchev–Trinajstić information content (AvgIpc) is 3.29. The molecule has 1 N–H and O–H groups in total. The minimum atomic E-state index is -0.595. The second-order valence-electron chi connectivity index (χ2n) is 6.47. The number of aromatic nitrogens is 4. The molecule has 0 aliphatic rings. The summed E-state index contributed by atoms with van der Waals surface area (Å²) in [4.78, 5) is 26.7. The molecule has 0 bridgehead atoms. The van der Waals surface area contributed by atoms with Crippen molar-refractivity contribution < 1.29 is 9.31 Å². The second-order valence-corrected chi connectivity index (χ2v) is 6.85. The predicted octanol–water partition coefficient (Wildman–Crippen LogP) is 3.73. The van der Waals surface area contributed by atoms with E-state index in [2.05, 4.69) is 15.4 Å². The molecule has 0 saturated carbocycles. The van der Waals surface area contributed by atoms with Gasteiger partial charge in [0.05, 0.1) is 34.5 Å². The SMILES string of the molecule is O=c1c(Cl)c(NCc2ccc(-n3ccnc3)c(F)c2)cnn1-c1ccc([N+](=O)[O-])cc1. The minimum Gasteiger partial charge on any atom is -0.378 e. The Labute approximate surface area is 179 Å². The lowest BCUT2D eigenvalue weighted by molar-refractivity contribution is -0.384. The van der Waals surface area contributed by atoms with E-state index in [1.807, 2.05) is 0 Å². The van der Waals surface area contributed by atoms with Crippen molar-refractivity contribution in [3.05, 3.63) is 104 Å². The monoisotopic (exact) mass is 440 g/mol. The van der Waals surface area contributed by atoms with Gasteiger partial charge in [0.15, 0.2) is 0 Å². The summed E-state index contributed by atoms with van der Waals surface area (Å²) < 4.78 is 17.0. The van der Waals surface area contributed by atoms with Crippen molar-refractivity contribution in [1.29, 1.82) is 0 Å². The first kappa shape index (κ1) is 20.2. The standard InChI is InChI=1S/C20H14ClFN6O3/c21-19-17(11-25-27(20(19)29)14-2-4-15(5-3-14)28(30)31)24-10-13-1-6-18(16(22)9-13)26-8-7-23-12-26/h1-9,11-12,24H,10H2. The molecule has 0 aliphatic heterocycles. The summed E-state index contributed by atoms with van der Waals surface area (Å²) in [7, 11) is 0. The maximum Gasteiger partial charge on any atom is 0.292 e. The van der Waals surface area contributed by atoms with E-state index in [1.165, 1.54) is 42.9 Å². The number of rotatable bonds is 6. The number of hydrogen-bond acceptors (Lipinski definition) is 6. The van der Waals surface area contributed by atoms with E-state index in [-0.39, 0.29) is 22.9 Å². The Balaban J connectivity index is 1.52. The molecule has 0 fully saturated rings. The molecule has 0 saturated heterocycles. The first-order chi connectivity index (χ1) is 14.9. The van der Waals surface area contributed by atoms with Crippen molar-refractivity contribution in [3.63, 3.8) is 0 Å².